The molecule has 0 spiro atoms. The van der Waals surface area contributed by atoms with Crippen molar-refractivity contribution in [2.75, 3.05) is 74.7 Å². The van der Waals surface area contributed by atoms with Gasteiger partial charge in [-0.1, -0.05) is 18.2 Å². The highest BCUT2D eigenvalue weighted by Crippen LogP contribution is 2.31. The van der Waals surface area contributed by atoms with Gasteiger partial charge in [0, 0.05) is 31.9 Å². The first-order valence-corrected chi connectivity index (χ1v) is 12.5. The van der Waals surface area contributed by atoms with Gasteiger partial charge in [-0.2, -0.15) is 4.31 Å². The summed E-state index contributed by atoms with van der Waals surface area (Å²) in [6, 6.07) is 12.6. The zero-order valence-electron chi connectivity index (χ0n) is 18.7. The first kappa shape index (κ1) is 23.5. The Balaban J connectivity index is 1.55. The second-order valence-corrected chi connectivity index (χ2v) is 9.95. The molecule has 0 aromatic heterocycles. The summed E-state index contributed by atoms with van der Waals surface area (Å²) < 4.78 is 38.5. The van der Waals surface area contributed by atoms with E-state index in [0.717, 1.165) is 16.9 Å². The van der Waals surface area contributed by atoms with Crippen LogP contribution in [0.1, 0.15) is 5.56 Å². The molecule has 0 atom stereocenters. The molecule has 0 unspecified atom stereocenters. The third-order valence-electron chi connectivity index (χ3n) is 5.79. The summed E-state index contributed by atoms with van der Waals surface area (Å²) in [5, 5.41) is 6.06. The van der Waals surface area contributed by atoms with Crippen molar-refractivity contribution < 1.29 is 22.7 Å². The minimum absolute atomic E-state index is 0.00668. The zero-order valence-corrected chi connectivity index (χ0v) is 19.6. The molecule has 0 bridgehead atoms. The number of sulfonamides is 1. The number of morpholine rings is 2. The van der Waals surface area contributed by atoms with Gasteiger partial charge in [0.05, 0.1) is 49.2 Å². The van der Waals surface area contributed by atoms with E-state index in [1.807, 2.05) is 31.2 Å². The second-order valence-electron chi connectivity index (χ2n) is 8.01. The fourth-order valence-corrected chi connectivity index (χ4v) is 5.35. The van der Waals surface area contributed by atoms with Gasteiger partial charge in [-0.25, -0.2) is 8.42 Å². The molecule has 0 saturated carbocycles. The molecule has 0 radical (unpaired) electrons. The van der Waals surface area contributed by atoms with Gasteiger partial charge in [-0.05, 0) is 36.8 Å². The fourth-order valence-electron chi connectivity index (χ4n) is 3.92. The third-order valence-corrected chi connectivity index (χ3v) is 7.68. The third kappa shape index (κ3) is 5.64. The van der Waals surface area contributed by atoms with E-state index in [9.17, 15) is 13.2 Å². The van der Waals surface area contributed by atoms with Gasteiger partial charge < -0.3 is 25.0 Å². The lowest BCUT2D eigenvalue weighted by atomic mass is 10.2. The highest BCUT2D eigenvalue weighted by atomic mass is 32.2. The Morgan fingerprint density at radius 2 is 1.61 bits per heavy atom. The lowest BCUT2D eigenvalue weighted by molar-refractivity contribution is -0.114. The molecule has 4 rings (SSSR count). The number of hydrogen-bond acceptors (Lipinski definition) is 7. The van der Waals surface area contributed by atoms with Crippen molar-refractivity contribution >= 4 is 33.0 Å². The van der Waals surface area contributed by atoms with Crippen molar-refractivity contribution in [1.29, 1.82) is 0 Å². The number of nitrogens with zero attached hydrogens (tertiary/aromatic N) is 2. The first-order chi connectivity index (χ1) is 15.9. The minimum atomic E-state index is -3.66. The SMILES string of the molecule is Cc1ccccc1NC(=O)CNc1cc(S(=O)(=O)N2CCOCC2)ccc1N1CCOCC1. The normalized spacial score (nSPS) is 17.5. The Hall–Kier alpha value is -2.66. The maximum absolute atomic E-state index is 13.2. The molecule has 2 heterocycles. The molecule has 178 valence electrons. The summed E-state index contributed by atoms with van der Waals surface area (Å²) in [6.07, 6.45) is 0. The van der Waals surface area contributed by atoms with Crippen LogP contribution in [0.2, 0.25) is 0 Å². The Morgan fingerprint density at radius 3 is 2.30 bits per heavy atom. The summed E-state index contributed by atoms with van der Waals surface area (Å²) in [6.45, 7) is 5.95. The van der Waals surface area contributed by atoms with Crippen molar-refractivity contribution in [1.82, 2.24) is 4.31 Å². The smallest absolute Gasteiger partial charge is 0.243 e. The number of aryl methyl sites for hydroxylation is 1. The van der Waals surface area contributed by atoms with E-state index in [-0.39, 0.29) is 17.3 Å². The molecule has 2 saturated heterocycles. The quantitative estimate of drug-likeness (QED) is 0.632. The summed E-state index contributed by atoms with van der Waals surface area (Å²) >= 11 is 0. The first-order valence-electron chi connectivity index (χ1n) is 11.1. The number of para-hydroxylation sites is 1. The van der Waals surface area contributed by atoms with Crippen LogP contribution in [0.5, 0.6) is 0 Å². The van der Waals surface area contributed by atoms with Crippen molar-refractivity contribution in [3.63, 3.8) is 0 Å². The molecule has 10 heteroatoms. The van der Waals surface area contributed by atoms with Crippen LogP contribution in [-0.2, 0) is 24.3 Å². The van der Waals surface area contributed by atoms with Gasteiger partial charge >= 0.3 is 0 Å². The van der Waals surface area contributed by atoms with Crippen LogP contribution in [0.4, 0.5) is 17.1 Å². The average molecular weight is 475 g/mol. The van der Waals surface area contributed by atoms with Crippen LogP contribution in [0.15, 0.2) is 47.4 Å². The van der Waals surface area contributed by atoms with Gasteiger partial charge in [0.25, 0.3) is 0 Å². The van der Waals surface area contributed by atoms with Crippen LogP contribution in [-0.4, -0.2) is 77.8 Å². The number of carbonyl (C=O) groups is 1. The Bertz CT molecular complexity index is 1080. The number of amides is 1. The molecule has 2 aliphatic rings. The van der Waals surface area contributed by atoms with Crippen LogP contribution in [0.3, 0.4) is 0 Å². The van der Waals surface area contributed by atoms with E-state index in [0.29, 0.717) is 58.3 Å². The molecular formula is C23H30N4O5S. The van der Waals surface area contributed by atoms with Crippen LogP contribution in [0.25, 0.3) is 0 Å². The molecule has 0 aliphatic carbocycles. The Kier molecular flexibility index (Phi) is 7.49. The lowest BCUT2D eigenvalue weighted by Gasteiger charge is -2.31. The summed E-state index contributed by atoms with van der Waals surface area (Å²) in [4.78, 5) is 14.9. The van der Waals surface area contributed by atoms with Gasteiger partial charge in [0.15, 0.2) is 0 Å². The monoisotopic (exact) mass is 474 g/mol. The number of benzene rings is 2. The highest BCUT2D eigenvalue weighted by Gasteiger charge is 2.27. The summed E-state index contributed by atoms with van der Waals surface area (Å²) in [7, 11) is -3.66. The number of carbonyl (C=O) groups excluding carboxylic acids is 1. The van der Waals surface area contributed by atoms with E-state index in [1.54, 1.807) is 18.2 Å². The molecule has 2 N–H and O–H groups in total. The fraction of sp³-hybridized carbons (Fsp3) is 0.435. The lowest BCUT2D eigenvalue weighted by Crippen LogP contribution is -2.40. The molecule has 2 fully saturated rings. The van der Waals surface area contributed by atoms with Crippen LogP contribution in [0, 0.1) is 6.92 Å². The number of anilines is 3. The predicted molar refractivity (Wildman–Crippen MR) is 127 cm³/mol. The van der Waals surface area contributed by atoms with E-state index < -0.39 is 10.0 Å². The molecule has 9 nitrogen and oxygen atoms in total. The van der Waals surface area contributed by atoms with Crippen LogP contribution >= 0.6 is 0 Å². The van der Waals surface area contributed by atoms with Gasteiger partial charge in [-0.3, -0.25) is 4.79 Å². The molecule has 2 aromatic carbocycles. The summed E-state index contributed by atoms with van der Waals surface area (Å²) in [5.74, 6) is -0.210. The number of hydrogen-bond donors (Lipinski definition) is 2. The average Bonchev–Trinajstić information content (AvgIpc) is 2.85. The highest BCUT2D eigenvalue weighted by molar-refractivity contribution is 7.89. The topological polar surface area (TPSA) is 100 Å². The Morgan fingerprint density at radius 1 is 0.939 bits per heavy atom. The predicted octanol–water partition coefficient (Wildman–Crippen LogP) is 1.90. The van der Waals surface area contributed by atoms with E-state index in [4.69, 9.17) is 9.47 Å². The maximum Gasteiger partial charge on any atom is 0.243 e. The van der Waals surface area contributed by atoms with Crippen molar-refractivity contribution in [3.05, 3.63) is 48.0 Å². The maximum atomic E-state index is 13.2. The number of nitrogens with one attached hydrogen (secondary N) is 2. The van der Waals surface area contributed by atoms with Crippen molar-refractivity contribution in [2.24, 2.45) is 0 Å². The van der Waals surface area contributed by atoms with E-state index >= 15 is 0 Å². The van der Waals surface area contributed by atoms with Crippen molar-refractivity contribution in [2.45, 2.75) is 11.8 Å². The standard InChI is InChI=1S/C23H30N4O5S/c1-18-4-2-3-5-20(18)25-23(28)17-24-21-16-19(33(29,30)27-10-14-32-15-11-27)6-7-22(21)26-8-12-31-13-9-26/h2-7,16,24H,8-15,17H2,1H3,(H,25,28). The van der Waals surface area contributed by atoms with Crippen molar-refractivity contribution in [3.8, 4) is 0 Å². The molecule has 33 heavy (non-hydrogen) atoms. The minimum Gasteiger partial charge on any atom is -0.379 e. The largest absolute Gasteiger partial charge is 0.379 e. The molecular weight excluding hydrogens is 444 g/mol. The number of ether oxygens (including phenoxy) is 2. The van der Waals surface area contributed by atoms with Gasteiger partial charge in [-0.15, -0.1) is 0 Å². The second kappa shape index (κ2) is 10.5. The molecule has 2 aliphatic heterocycles. The van der Waals surface area contributed by atoms with E-state index in [1.165, 1.54) is 4.31 Å². The number of rotatable bonds is 7. The van der Waals surface area contributed by atoms with Gasteiger partial charge in [0.2, 0.25) is 15.9 Å². The van der Waals surface area contributed by atoms with Crippen LogP contribution < -0.4 is 15.5 Å². The Labute approximate surface area is 194 Å². The molecule has 2 aromatic rings. The summed E-state index contributed by atoms with van der Waals surface area (Å²) in [5.41, 5.74) is 3.17. The molecule has 1 amide bonds. The zero-order chi connectivity index (χ0) is 23.3. The van der Waals surface area contributed by atoms with Gasteiger partial charge in [0.1, 0.15) is 0 Å². The van der Waals surface area contributed by atoms with E-state index in [2.05, 4.69) is 15.5 Å².